The summed E-state index contributed by atoms with van der Waals surface area (Å²) in [6.45, 7) is 0.474. The highest BCUT2D eigenvalue weighted by Gasteiger charge is 2.02. The van der Waals surface area contributed by atoms with Gasteiger partial charge in [0.15, 0.2) is 0 Å². The maximum atomic E-state index is 12.8. The summed E-state index contributed by atoms with van der Waals surface area (Å²) in [4.78, 5) is 11.7. The van der Waals surface area contributed by atoms with Gasteiger partial charge in [-0.1, -0.05) is 18.2 Å². The molecule has 0 bridgehead atoms. The lowest BCUT2D eigenvalue weighted by Crippen LogP contribution is -2.30. The van der Waals surface area contributed by atoms with Crippen LogP contribution < -0.4 is 15.4 Å². The molecule has 5 heteroatoms. The highest BCUT2D eigenvalue weighted by molar-refractivity contribution is 5.89. The molecule has 0 unspecified atom stereocenters. The molecule has 0 aliphatic heterocycles. The first-order valence-electron chi connectivity index (χ1n) is 6.61. The molecule has 2 aromatic carbocycles. The summed E-state index contributed by atoms with van der Waals surface area (Å²) in [5.41, 5.74) is 1.63. The van der Waals surface area contributed by atoms with Gasteiger partial charge < -0.3 is 15.4 Å². The quantitative estimate of drug-likeness (QED) is 0.887. The Morgan fingerprint density at radius 3 is 2.67 bits per heavy atom. The minimum atomic E-state index is -0.287. The first-order chi connectivity index (χ1) is 10.2. The van der Waals surface area contributed by atoms with E-state index in [9.17, 15) is 9.18 Å². The maximum Gasteiger partial charge on any atom is 0.319 e. The van der Waals surface area contributed by atoms with E-state index in [0.717, 1.165) is 5.56 Å². The minimum absolute atomic E-state index is 0.262. The molecule has 0 aromatic heterocycles. The van der Waals surface area contributed by atoms with Crippen LogP contribution in [0.2, 0.25) is 0 Å². The zero-order chi connectivity index (χ0) is 15.1. The van der Waals surface area contributed by atoms with Gasteiger partial charge in [-0.25, -0.2) is 9.18 Å². The van der Waals surface area contributed by atoms with Crippen molar-refractivity contribution in [2.24, 2.45) is 0 Å². The number of ether oxygens (including phenoxy) is 1. The summed E-state index contributed by atoms with van der Waals surface area (Å²) in [5.74, 6) is 0.418. The van der Waals surface area contributed by atoms with E-state index >= 15 is 0 Å². The van der Waals surface area contributed by atoms with Crippen LogP contribution in [-0.2, 0) is 6.42 Å². The average Bonchev–Trinajstić information content (AvgIpc) is 2.49. The molecular weight excluding hydrogens is 271 g/mol. The van der Waals surface area contributed by atoms with E-state index in [2.05, 4.69) is 10.6 Å². The molecular formula is C16H17FN2O2. The van der Waals surface area contributed by atoms with Crippen molar-refractivity contribution < 1.29 is 13.9 Å². The molecule has 0 spiro atoms. The molecule has 110 valence electrons. The Labute approximate surface area is 122 Å². The molecule has 0 aliphatic carbocycles. The Morgan fingerprint density at radius 1 is 1.19 bits per heavy atom. The summed E-state index contributed by atoms with van der Waals surface area (Å²) in [6, 6.07) is 13.1. The number of hydrogen-bond donors (Lipinski definition) is 2. The predicted molar refractivity (Wildman–Crippen MR) is 80.1 cm³/mol. The van der Waals surface area contributed by atoms with Crippen molar-refractivity contribution in [1.29, 1.82) is 0 Å². The fourth-order valence-electron chi connectivity index (χ4n) is 1.85. The number of amides is 2. The number of halogens is 1. The molecule has 0 aliphatic rings. The van der Waals surface area contributed by atoms with Gasteiger partial charge in [0.05, 0.1) is 7.11 Å². The van der Waals surface area contributed by atoms with Crippen LogP contribution in [0.5, 0.6) is 5.75 Å². The van der Waals surface area contributed by atoms with Crippen molar-refractivity contribution in [3.05, 3.63) is 59.9 Å². The molecule has 2 aromatic rings. The predicted octanol–water partition coefficient (Wildman–Crippen LogP) is 3.20. The Balaban J connectivity index is 1.78. The van der Waals surface area contributed by atoms with Crippen LogP contribution in [0.4, 0.5) is 14.9 Å². The fourth-order valence-corrected chi connectivity index (χ4v) is 1.85. The van der Waals surface area contributed by atoms with E-state index in [1.165, 1.54) is 12.1 Å². The Kier molecular flexibility index (Phi) is 5.15. The maximum absolute atomic E-state index is 12.8. The summed E-state index contributed by atoms with van der Waals surface area (Å²) >= 11 is 0. The first kappa shape index (κ1) is 14.8. The van der Waals surface area contributed by atoms with Crippen LogP contribution in [0.15, 0.2) is 48.5 Å². The molecule has 0 atom stereocenters. The number of carbonyl (C=O) groups is 1. The van der Waals surface area contributed by atoms with Gasteiger partial charge in [0.1, 0.15) is 11.6 Å². The van der Waals surface area contributed by atoms with Gasteiger partial charge in [0.2, 0.25) is 0 Å². The number of methoxy groups -OCH3 is 1. The monoisotopic (exact) mass is 288 g/mol. The zero-order valence-corrected chi connectivity index (χ0v) is 11.7. The van der Waals surface area contributed by atoms with Crippen molar-refractivity contribution in [2.45, 2.75) is 6.42 Å². The number of anilines is 1. The third kappa shape index (κ3) is 4.80. The van der Waals surface area contributed by atoms with E-state index in [1.807, 2.05) is 0 Å². The number of urea groups is 1. The molecule has 4 nitrogen and oxygen atoms in total. The molecule has 0 fully saturated rings. The number of rotatable bonds is 5. The van der Waals surface area contributed by atoms with Gasteiger partial charge in [-0.05, 0) is 36.2 Å². The normalized spacial score (nSPS) is 10.0. The van der Waals surface area contributed by atoms with Gasteiger partial charge >= 0.3 is 6.03 Å². The van der Waals surface area contributed by atoms with Crippen LogP contribution in [0.1, 0.15) is 5.56 Å². The first-order valence-corrected chi connectivity index (χ1v) is 6.61. The van der Waals surface area contributed by atoms with Crippen molar-refractivity contribution >= 4 is 11.7 Å². The van der Waals surface area contributed by atoms with E-state index in [1.54, 1.807) is 43.5 Å². The lowest BCUT2D eigenvalue weighted by molar-refractivity contribution is 0.252. The molecule has 2 rings (SSSR count). The smallest absolute Gasteiger partial charge is 0.319 e. The summed E-state index contributed by atoms with van der Waals surface area (Å²) in [5, 5.41) is 5.47. The van der Waals surface area contributed by atoms with E-state index < -0.39 is 0 Å². The molecule has 2 amide bonds. The summed E-state index contributed by atoms with van der Waals surface area (Å²) < 4.78 is 17.8. The van der Waals surface area contributed by atoms with Crippen LogP contribution >= 0.6 is 0 Å². The van der Waals surface area contributed by atoms with Gasteiger partial charge in [-0.15, -0.1) is 0 Å². The number of hydrogen-bond acceptors (Lipinski definition) is 2. The summed E-state index contributed by atoms with van der Waals surface area (Å²) in [7, 11) is 1.57. The topological polar surface area (TPSA) is 50.4 Å². The van der Waals surface area contributed by atoms with Gasteiger partial charge in [-0.2, -0.15) is 0 Å². The molecule has 21 heavy (non-hydrogen) atoms. The Hall–Kier alpha value is -2.56. The molecule has 2 N–H and O–H groups in total. The average molecular weight is 288 g/mol. The molecule has 0 saturated carbocycles. The van der Waals surface area contributed by atoms with Crippen molar-refractivity contribution in [3.8, 4) is 5.75 Å². The van der Waals surface area contributed by atoms with Crippen molar-refractivity contribution in [1.82, 2.24) is 5.32 Å². The minimum Gasteiger partial charge on any atom is -0.497 e. The van der Waals surface area contributed by atoms with Gasteiger partial charge in [0.25, 0.3) is 0 Å². The van der Waals surface area contributed by atoms with E-state index in [0.29, 0.717) is 24.4 Å². The second-order valence-electron chi connectivity index (χ2n) is 4.49. The zero-order valence-electron chi connectivity index (χ0n) is 11.7. The van der Waals surface area contributed by atoms with Crippen LogP contribution in [0.25, 0.3) is 0 Å². The molecule has 0 saturated heterocycles. The lowest BCUT2D eigenvalue weighted by Gasteiger charge is -2.08. The fraction of sp³-hybridized carbons (Fsp3) is 0.188. The van der Waals surface area contributed by atoms with Crippen molar-refractivity contribution in [3.63, 3.8) is 0 Å². The standard InChI is InChI=1S/C16H17FN2O2/c1-21-15-4-2-3-14(11-15)19-16(20)18-10-9-12-5-7-13(17)8-6-12/h2-8,11H,9-10H2,1H3,(H2,18,19,20). The Bertz CT molecular complexity index is 599. The Morgan fingerprint density at radius 2 is 1.95 bits per heavy atom. The summed E-state index contributed by atoms with van der Waals surface area (Å²) in [6.07, 6.45) is 0.645. The molecule has 0 heterocycles. The van der Waals surface area contributed by atoms with E-state index in [-0.39, 0.29) is 11.8 Å². The van der Waals surface area contributed by atoms with Crippen LogP contribution in [-0.4, -0.2) is 19.7 Å². The van der Waals surface area contributed by atoms with Crippen molar-refractivity contribution in [2.75, 3.05) is 19.0 Å². The van der Waals surface area contributed by atoms with Crippen LogP contribution in [0, 0.1) is 5.82 Å². The number of nitrogens with one attached hydrogen (secondary N) is 2. The number of carbonyl (C=O) groups excluding carboxylic acids is 1. The third-order valence-corrected chi connectivity index (χ3v) is 2.94. The third-order valence-electron chi connectivity index (χ3n) is 2.94. The largest absolute Gasteiger partial charge is 0.497 e. The number of benzene rings is 2. The van der Waals surface area contributed by atoms with Crippen LogP contribution in [0.3, 0.4) is 0 Å². The second kappa shape index (κ2) is 7.28. The highest BCUT2D eigenvalue weighted by Crippen LogP contribution is 2.16. The van der Waals surface area contributed by atoms with Gasteiger partial charge in [0, 0.05) is 18.3 Å². The molecule has 0 radical (unpaired) electrons. The SMILES string of the molecule is COc1cccc(NC(=O)NCCc2ccc(F)cc2)c1. The second-order valence-corrected chi connectivity index (χ2v) is 4.49. The van der Waals surface area contributed by atoms with Gasteiger partial charge in [-0.3, -0.25) is 0 Å². The highest BCUT2D eigenvalue weighted by atomic mass is 19.1. The lowest BCUT2D eigenvalue weighted by atomic mass is 10.1. The van der Waals surface area contributed by atoms with E-state index in [4.69, 9.17) is 4.74 Å².